The van der Waals surface area contributed by atoms with Crippen LogP contribution < -0.4 is 5.30 Å². The average molecular weight is 260 g/mol. The highest BCUT2D eigenvalue weighted by Gasteiger charge is 2.18. The number of hydrogen-bond donors (Lipinski definition) is 1. The second-order valence-corrected chi connectivity index (χ2v) is 7.91. The fourth-order valence-corrected chi connectivity index (χ4v) is 3.86. The lowest BCUT2D eigenvalue weighted by molar-refractivity contribution is 0.483. The number of rotatable bonds is 3. The molecule has 0 aromatic heterocycles. The van der Waals surface area contributed by atoms with Gasteiger partial charge in [-0.1, -0.05) is 33.9 Å². The molecule has 0 bridgehead atoms. The van der Waals surface area contributed by atoms with Crippen LogP contribution >= 0.6 is 7.92 Å². The largest absolute Gasteiger partial charge is 0.295 e. The molecule has 0 radical (unpaired) electrons. The van der Waals surface area contributed by atoms with Crippen molar-refractivity contribution >= 4 is 23.3 Å². The van der Waals surface area contributed by atoms with Crippen LogP contribution in [0.25, 0.3) is 0 Å². The van der Waals surface area contributed by atoms with Gasteiger partial charge >= 0.3 is 0 Å². The summed E-state index contributed by atoms with van der Waals surface area (Å²) in [5.41, 5.74) is 0.924. The lowest BCUT2D eigenvalue weighted by atomic mass is 10.0. The highest BCUT2D eigenvalue weighted by Crippen LogP contribution is 2.29. The Kier molecular flexibility index (Phi) is 4.11. The summed E-state index contributed by atoms with van der Waals surface area (Å²) in [5, 5.41) is 0.724. The van der Waals surface area contributed by atoms with E-state index in [1.807, 2.05) is 39.3 Å². The normalized spacial score (nSPS) is 12.4. The van der Waals surface area contributed by atoms with Crippen LogP contribution in [0.15, 0.2) is 23.1 Å². The van der Waals surface area contributed by atoms with Gasteiger partial charge in [0, 0.05) is 0 Å². The molecule has 0 aliphatic carbocycles. The standard InChI is InChI=1S/C11H17O3PS/c1-8(2)9-5-6-10(15(3)4)11(7-9)16(12,13)14/h5-8H,1-4H3,(H,12,13,14). The summed E-state index contributed by atoms with van der Waals surface area (Å²) in [6.07, 6.45) is 0. The highest BCUT2D eigenvalue weighted by molar-refractivity contribution is 7.86. The summed E-state index contributed by atoms with van der Waals surface area (Å²) >= 11 is 0. The first-order valence-corrected chi connectivity index (χ1v) is 8.70. The van der Waals surface area contributed by atoms with Crippen LogP contribution in [0.1, 0.15) is 25.3 Å². The van der Waals surface area contributed by atoms with Crippen LogP contribution in [0, 0.1) is 0 Å². The lowest BCUT2D eigenvalue weighted by Gasteiger charge is -2.14. The Hall–Kier alpha value is -0.440. The van der Waals surface area contributed by atoms with Gasteiger partial charge in [0.1, 0.15) is 4.90 Å². The third kappa shape index (κ3) is 3.03. The topological polar surface area (TPSA) is 54.4 Å². The molecular weight excluding hydrogens is 243 g/mol. The lowest BCUT2D eigenvalue weighted by Crippen LogP contribution is -2.14. The molecule has 0 fully saturated rings. The first-order valence-electron chi connectivity index (χ1n) is 5.02. The molecule has 5 heteroatoms. The van der Waals surface area contributed by atoms with Crippen LogP contribution in [0.3, 0.4) is 0 Å². The van der Waals surface area contributed by atoms with Gasteiger partial charge in [-0.05, 0) is 36.2 Å². The molecule has 1 aromatic rings. The SMILES string of the molecule is CC(C)c1ccc(P(C)C)c(S(=O)(=O)O)c1. The first kappa shape index (κ1) is 13.6. The van der Waals surface area contributed by atoms with E-state index in [1.54, 1.807) is 6.07 Å². The molecule has 0 saturated heterocycles. The van der Waals surface area contributed by atoms with Crippen LogP contribution in [0.5, 0.6) is 0 Å². The molecule has 1 N–H and O–H groups in total. The zero-order chi connectivity index (χ0) is 12.5. The van der Waals surface area contributed by atoms with Crippen molar-refractivity contribution in [2.45, 2.75) is 24.7 Å². The van der Waals surface area contributed by atoms with Crippen molar-refractivity contribution in [2.75, 3.05) is 13.3 Å². The third-order valence-corrected chi connectivity index (χ3v) is 4.81. The van der Waals surface area contributed by atoms with Gasteiger partial charge in [0.25, 0.3) is 10.1 Å². The molecular formula is C11H17O3PS. The van der Waals surface area contributed by atoms with Crippen molar-refractivity contribution in [3.05, 3.63) is 23.8 Å². The van der Waals surface area contributed by atoms with Crippen molar-refractivity contribution in [3.63, 3.8) is 0 Å². The fourth-order valence-electron chi connectivity index (χ4n) is 1.47. The number of benzene rings is 1. The van der Waals surface area contributed by atoms with E-state index in [9.17, 15) is 13.0 Å². The van der Waals surface area contributed by atoms with Gasteiger partial charge in [0.05, 0.1) is 0 Å². The van der Waals surface area contributed by atoms with E-state index in [1.165, 1.54) is 0 Å². The monoisotopic (exact) mass is 260 g/mol. The van der Waals surface area contributed by atoms with E-state index in [2.05, 4.69) is 0 Å². The minimum atomic E-state index is -4.12. The molecule has 0 spiro atoms. The molecule has 1 aromatic carbocycles. The van der Waals surface area contributed by atoms with E-state index in [4.69, 9.17) is 0 Å². The molecule has 0 amide bonds. The highest BCUT2D eigenvalue weighted by atomic mass is 32.2. The second-order valence-electron chi connectivity index (χ2n) is 4.25. The molecule has 0 aliphatic rings. The summed E-state index contributed by atoms with van der Waals surface area (Å²) in [7, 11) is -4.67. The third-order valence-electron chi connectivity index (χ3n) is 2.41. The molecule has 0 heterocycles. The van der Waals surface area contributed by atoms with Gasteiger partial charge in [-0.25, -0.2) is 0 Å². The minimum Gasteiger partial charge on any atom is -0.282 e. The summed E-state index contributed by atoms with van der Waals surface area (Å²) in [5.74, 6) is 0.245. The first-order chi connectivity index (χ1) is 7.23. The summed E-state index contributed by atoms with van der Waals surface area (Å²) in [4.78, 5) is 0.0646. The molecule has 0 saturated carbocycles. The van der Waals surface area contributed by atoms with Crippen molar-refractivity contribution in [3.8, 4) is 0 Å². The maximum absolute atomic E-state index is 11.3. The Bertz CT molecular complexity index is 478. The van der Waals surface area contributed by atoms with Crippen LogP contribution in [0.2, 0.25) is 0 Å². The van der Waals surface area contributed by atoms with Gasteiger partial charge in [0.15, 0.2) is 0 Å². The Balaban J connectivity index is 3.45. The predicted molar refractivity (Wildman–Crippen MR) is 68.7 cm³/mol. The Morgan fingerprint density at radius 3 is 2.19 bits per heavy atom. The fraction of sp³-hybridized carbons (Fsp3) is 0.455. The number of hydrogen-bond acceptors (Lipinski definition) is 2. The predicted octanol–water partition coefficient (Wildman–Crippen LogP) is 2.42. The van der Waals surface area contributed by atoms with E-state index in [-0.39, 0.29) is 10.8 Å². The molecule has 0 aliphatic heterocycles. The average Bonchev–Trinajstić information content (AvgIpc) is 2.15. The second kappa shape index (κ2) is 4.82. The Labute approximate surface area is 98.4 Å². The van der Waals surface area contributed by atoms with Crippen molar-refractivity contribution < 1.29 is 13.0 Å². The van der Waals surface area contributed by atoms with Crippen LogP contribution in [0.4, 0.5) is 0 Å². The van der Waals surface area contributed by atoms with Gasteiger partial charge in [-0.2, -0.15) is 8.42 Å². The minimum absolute atomic E-state index is 0.0646. The van der Waals surface area contributed by atoms with Gasteiger partial charge in [-0.3, -0.25) is 4.55 Å². The summed E-state index contributed by atoms with van der Waals surface area (Å²) < 4.78 is 31.8. The Morgan fingerprint density at radius 2 is 1.81 bits per heavy atom. The van der Waals surface area contributed by atoms with Gasteiger partial charge < -0.3 is 0 Å². The van der Waals surface area contributed by atoms with E-state index >= 15 is 0 Å². The van der Waals surface area contributed by atoms with Crippen molar-refractivity contribution in [1.29, 1.82) is 0 Å². The van der Waals surface area contributed by atoms with Gasteiger partial charge in [0.2, 0.25) is 0 Å². The van der Waals surface area contributed by atoms with E-state index in [0.717, 1.165) is 10.9 Å². The summed E-state index contributed by atoms with van der Waals surface area (Å²) in [6, 6.07) is 5.32. The van der Waals surface area contributed by atoms with Crippen LogP contribution in [-0.4, -0.2) is 26.3 Å². The van der Waals surface area contributed by atoms with Crippen molar-refractivity contribution in [1.82, 2.24) is 0 Å². The van der Waals surface area contributed by atoms with E-state index in [0.29, 0.717) is 0 Å². The van der Waals surface area contributed by atoms with E-state index < -0.39 is 18.0 Å². The molecule has 0 unspecified atom stereocenters. The molecule has 1 rings (SSSR count). The Morgan fingerprint density at radius 1 is 1.25 bits per heavy atom. The van der Waals surface area contributed by atoms with Crippen molar-refractivity contribution in [2.24, 2.45) is 0 Å². The quantitative estimate of drug-likeness (QED) is 0.670. The molecule has 16 heavy (non-hydrogen) atoms. The molecule has 0 atom stereocenters. The zero-order valence-electron chi connectivity index (χ0n) is 9.93. The zero-order valence-corrected chi connectivity index (χ0v) is 11.6. The molecule has 3 nitrogen and oxygen atoms in total. The van der Waals surface area contributed by atoms with Crippen LogP contribution in [-0.2, 0) is 10.1 Å². The smallest absolute Gasteiger partial charge is 0.282 e. The van der Waals surface area contributed by atoms with Gasteiger partial charge in [-0.15, -0.1) is 0 Å². The molecule has 90 valence electrons. The summed E-state index contributed by atoms with van der Waals surface area (Å²) in [6.45, 7) is 7.91. The maximum atomic E-state index is 11.3. The maximum Gasteiger partial charge on any atom is 0.295 e.